The molecule has 0 amide bonds. The summed E-state index contributed by atoms with van der Waals surface area (Å²) in [4.78, 5) is 10.9. The summed E-state index contributed by atoms with van der Waals surface area (Å²) >= 11 is 0. The van der Waals surface area contributed by atoms with E-state index in [1.54, 1.807) is 0 Å². The highest BCUT2D eigenvalue weighted by Crippen LogP contribution is 2.44. The molecule has 1 fully saturated rings. The van der Waals surface area contributed by atoms with Crippen molar-refractivity contribution in [3.05, 3.63) is 12.7 Å². The summed E-state index contributed by atoms with van der Waals surface area (Å²) < 4.78 is 6.71. The minimum atomic E-state index is -1.63. The molecule has 1 aliphatic carbocycles. The van der Waals surface area contributed by atoms with Crippen LogP contribution in [0.5, 0.6) is 0 Å². The van der Waals surface area contributed by atoms with Crippen LogP contribution in [-0.4, -0.2) is 20.2 Å². The summed E-state index contributed by atoms with van der Waals surface area (Å²) in [7, 11) is -1.63. The predicted octanol–water partition coefficient (Wildman–Crippen LogP) is 4.32. The molecule has 104 valence electrons. The first kappa shape index (κ1) is 15.6. The predicted molar refractivity (Wildman–Crippen MR) is 79.2 cm³/mol. The minimum Gasteiger partial charge on any atom is -0.408 e. The van der Waals surface area contributed by atoms with Crippen LogP contribution < -0.4 is 0 Å². The van der Waals surface area contributed by atoms with Crippen LogP contribution in [0.2, 0.25) is 18.1 Å². The Bertz CT molecular complexity index is 278. The maximum absolute atomic E-state index is 10.9. The lowest BCUT2D eigenvalue weighted by Crippen LogP contribution is -2.48. The SMILES string of the molecule is C=C[C@@]1(O[Si](CC)(CC)CC)CCC[C@@H]1CC=O. The van der Waals surface area contributed by atoms with E-state index in [-0.39, 0.29) is 5.60 Å². The van der Waals surface area contributed by atoms with E-state index in [9.17, 15) is 4.79 Å². The summed E-state index contributed by atoms with van der Waals surface area (Å²) in [6, 6.07) is 3.47. The van der Waals surface area contributed by atoms with Gasteiger partial charge >= 0.3 is 0 Å². The Morgan fingerprint density at radius 1 is 1.33 bits per heavy atom. The second-order valence-electron chi connectivity index (χ2n) is 5.50. The quantitative estimate of drug-likeness (QED) is 0.372. The van der Waals surface area contributed by atoms with E-state index in [1.807, 2.05) is 6.08 Å². The molecule has 0 aliphatic heterocycles. The highest BCUT2D eigenvalue weighted by molar-refractivity contribution is 6.73. The highest BCUT2D eigenvalue weighted by atomic mass is 28.4. The zero-order valence-corrected chi connectivity index (χ0v) is 13.2. The van der Waals surface area contributed by atoms with Crippen LogP contribution in [0.15, 0.2) is 12.7 Å². The fourth-order valence-corrected chi connectivity index (χ4v) is 6.41. The lowest BCUT2D eigenvalue weighted by Gasteiger charge is -2.42. The first-order chi connectivity index (χ1) is 8.62. The Labute approximate surface area is 113 Å². The van der Waals surface area contributed by atoms with Crippen LogP contribution in [0, 0.1) is 5.92 Å². The molecule has 0 aromatic carbocycles. The first-order valence-corrected chi connectivity index (χ1v) is 9.92. The minimum absolute atomic E-state index is 0.213. The van der Waals surface area contributed by atoms with Crippen LogP contribution in [0.3, 0.4) is 0 Å². The fraction of sp³-hybridized carbons (Fsp3) is 0.800. The van der Waals surface area contributed by atoms with Crippen molar-refractivity contribution in [1.29, 1.82) is 0 Å². The monoisotopic (exact) mass is 268 g/mol. The van der Waals surface area contributed by atoms with Crippen molar-refractivity contribution in [2.75, 3.05) is 0 Å². The van der Waals surface area contributed by atoms with Crippen molar-refractivity contribution >= 4 is 14.6 Å². The number of rotatable bonds is 8. The molecule has 0 aromatic rings. The van der Waals surface area contributed by atoms with Gasteiger partial charge in [-0.05, 0) is 43.3 Å². The van der Waals surface area contributed by atoms with Crippen LogP contribution in [0.1, 0.15) is 46.5 Å². The Hall–Kier alpha value is -0.413. The first-order valence-electron chi connectivity index (χ1n) is 7.39. The average molecular weight is 268 g/mol. The molecule has 18 heavy (non-hydrogen) atoms. The second-order valence-corrected chi connectivity index (χ2v) is 10.2. The molecule has 0 aromatic heterocycles. The third-order valence-corrected chi connectivity index (χ3v) is 9.56. The number of aldehydes is 1. The molecule has 2 atom stereocenters. The molecular weight excluding hydrogens is 240 g/mol. The van der Waals surface area contributed by atoms with Gasteiger partial charge in [0.25, 0.3) is 0 Å². The van der Waals surface area contributed by atoms with Crippen molar-refractivity contribution in [2.24, 2.45) is 5.92 Å². The second kappa shape index (κ2) is 6.67. The van der Waals surface area contributed by atoms with Gasteiger partial charge in [-0.15, -0.1) is 6.58 Å². The number of hydrogen-bond acceptors (Lipinski definition) is 2. The Morgan fingerprint density at radius 2 is 1.94 bits per heavy atom. The van der Waals surface area contributed by atoms with Gasteiger partial charge in [0, 0.05) is 6.42 Å². The molecule has 1 rings (SSSR count). The number of carbonyl (C=O) groups excluding carboxylic acids is 1. The highest BCUT2D eigenvalue weighted by Gasteiger charge is 2.46. The van der Waals surface area contributed by atoms with Gasteiger partial charge in [-0.3, -0.25) is 0 Å². The van der Waals surface area contributed by atoms with Gasteiger partial charge in [0.2, 0.25) is 0 Å². The Morgan fingerprint density at radius 3 is 2.39 bits per heavy atom. The van der Waals surface area contributed by atoms with E-state index in [0.717, 1.165) is 43.7 Å². The maximum Gasteiger partial charge on any atom is 0.193 e. The molecule has 0 saturated heterocycles. The summed E-state index contributed by atoms with van der Waals surface area (Å²) in [5.41, 5.74) is -0.213. The maximum atomic E-state index is 10.9. The van der Waals surface area contributed by atoms with Gasteiger partial charge < -0.3 is 9.22 Å². The smallest absolute Gasteiger partial charge is 0.193 e. The van der Waals surface area contributed by atoms with Crippen molar-refractivity contribution in [2.45, 2.75) is 70.2 Å². The van der Waals surface area contributed by atoms with Crippen molar-refractivity contribution in [3.63, 3.8) is 0 Å². The molecule has 3 heteroatoms. The zero-order chi connectivity index (χ0) is 13.6. The van der Waals surface area contributed by atoms with Gasteiger partial charge in [0.05, 0.1) is 5.60 Å². The molecular formula is C15H28O2Si. The van der Waals surface area contributed by atoms with Gasteiger partial charge in [-0.2, -0.15) is 0 Å². The molecule has 0 unspecified atom stereocenters. The van der Waals surface area contributed by atoms with E-state index < -0.39 is 8.32 Å². The molecule has 0 heterocycles. The standard InChI is InChI=1S/C15H28O2Si/c1-5-15(12-9-10-14(15)11-13-16)17-18(6-2,7-3)8-4/h5,13-14H,1,6-12H2,2-4H3/t14-,15-/m1/s1. The molecule has 1 aliphatic rings. The fourth-order valence-electron chi connectivity index (χ4n) is 3.32. The van der Waals surface area contributed by atoms with E-state index in [2.05, 4.69) is 27.4 Å². The molecule has 0 N–H and O–H groups in total. The lowest BCUT2D eigenvalue weighted by atomic mass is 9.89. The summed E-state index contributed by atoms with van der Waals surface area (Å²) in [5, 5.41) is 0. The van der Waals surface area contributed by atoms with E-state index >= 15 is 0 Å². The largest absolute Gasteiger partial charge is 0.408 e. The van der Waals surface area contributed by atoms with E-state index in [1.165, 1.54) is 0 Å². The van der Waals surface area contributed by atoms with Crippen molar-refractivity contribution in [1.82, 2.24) is 0 Å². The topological polar surface area (TPSA) is 26.3 Å². The van der Waals surface area contributed by atoms with Crippen LogP contribution in [0.4, 0.5) is 0 Å². The van der Waals surface area contributed by atoms with Crippen LogP contribution in [0.25, 0.3) is 0 Å². The number of hydrogen-bond donors (Lipinski definition) is 0. The van der Waals surface area contributed by atoms with Crippen LogP contribution in [-0.2, 0) is 9.22 Å². The Balaban J connectivity index is 2.93. The van der Waals surface area contributed by atoms with Gasteiger partial charge in [0.1, 0.15) is 6.29 Å². The lowest BCUT2D eigenvalue weighted by molar-refractivity contribution is -0.109. The molecule has 1 saturated carbocycles. The third kappa shape index (κ3) is 2.94. The van der Waals surface area contributed by atoms with Crippen molar-refractivity contribution in [3.8, 4) is 0 Å². The summed E-state index contributed by atoms with van der Waals surface area (Å²) in [5.74, 6) is 0.351. The Kier molecular flexibility index (Phi) is 5.79. The van der Waals surface area contributed by atoms with Crippen LogP contribution >= 0.6 is 0 Å². The van der Waals surface area contributed by atoms with Gasteiger partial charge in [0.15, 0.2) is 8.32 Å². The average Bonchev–Trinajstić information content (AvgIpc) is 2.80. The normalized spacial score (nSPS) is 28.3. The van der Waals surface area contributed by atoms with E-state index in [4.69, 9.17) is 4.43 Å². The zero-order valence-electron chi connectivity index (χ0n) is 12.2. The molecule has 0 radical (unpaired) electrons. The summed E-state index contributed by atoms with van der Waals surface area (Å²) in [6.45, 7) is 10.8. The van der Waals surface area contributed by atoms with E-state index in [0.29, 0.717) is 12.3 Å². The van der Waals surface area contributed by atoms with Crippen molar-refractivity contribution < 1.29 is 9.22 Å². The summed E-state index contributed by atoms with van der Waals surface area (Å²) in [6.07, 6.45) is 6.97. The molecule has 2 nitrogen and oxygen atoms in total. The van der Waals surface area contributed by atoms with Gasteiger partial charge in [-0.25, -0.2) is 0 Å². The van der Waals surface area contributed by atoms with Gasteiger partial charge in [-0.1, -0.05) is 26.8 Å². The molecule has 0 spiro atoms. The molecule has 0 bridgehead atoms. The number of carbonyl (C=O) groups is 1. The third-order valence-electron chi connectivity index (χ3n) is 4.88.